The van der Waals surface area contributed by atoms with Gasteiger partial charge in [0.2, 0.25) is 0 Å². The molecule has 0 aromatic heterocycles. The summed E-state index contributed by atoms with van der Waals surface area (Å²) in [6.45, 7) is 11.2. The summed E-state index contributed by atoms with van der Waals surface area (Å²) >= 11 is 0. The Morgan fingerprint density at radius 2 is 1.83 bits per heavy atom. The van der Waals surface area contributed by atoms with E-state index in [1.54, 1.807) is 45.9 Å². The molecule has 0 saturated carbocycles. The molecule has 0 radical (unpaired) electrons. The quantitative estimate of drug-likeness (QED) is 0.563. The number of carbonyl (C=O) groups is 2. The van der Waals surface area contributed by atoms with Gasteiger partial charge in [0.05, 0.1) is 18.1 Å². The predicted octanol–water partition coefficient (Wildman–Crippen LogP) is 3.54. The van der Waals surface area contributed by atoms with E-state index in [-0.39, 0.29) is 18.0 Å². The largest absolute Gasteiger partial charge is 0.464 e. The van der Waals surface area contributed by atoms with Crippen LogP contribution in [0.1, 0.15) is 47.1 Å². The Labute approximate surface area is 144 Å². The van der Waals surface area contributed by atoms with Crippen LogP contribution in [0.15, 0.2) is 24.3 Å². The maximum atomic E-state index is 12.0. The second-order valence-corrected chi connectivity index (χ2v) is 6.92. The van der Waals surface area contributed by atoms with E-state index in [1.165, 1.54) is 0 Å². The van der Waals surface area contributed by atoms with E-state index in [9.17, 15) is 9.59 Å². The Morgan fingerprint density at radius 1 is 1.17 bits per heavy atom. The molecule has 0 bridgehead atoms. The second kappa shape index (κ2) is 8.83. The monoisotopic (exact) mass is 336 g/mol. The maximum Gasteiger partial charge on any atom is 0.335 e. The van der Waals surface area contributed by atoms with Crippen molar-refractivity contribution in [3.8, 4) is 5.75 Å². The highest BCUT2D eigenvalue weighted by atomic mass is 16.6. The minimum atomic E-state index is -0.682. The Bertz CT molecular complexity index is 557. The predicted molar refractivity (Wildman–Crippen MR) is 91.9 cm³/mol. The van der Waals surface area contributed by atoms with Crippen molar-refractivity contribution in [1.29, 1.82) is 0 Å². The fourth-order valence-electron chi connectivity index (χ4n) is 1.96. The molecule has 5 nitrogen and oxygen atoms in total. The summed E-state index contributed by atoms with van der Waals surface area (Å²) in [4.78, 5) is 24.0. The molecule has 0 saturated heterocycles. The lowest BCUT2D eigenvalue weighted by atomic mass is 9.97. The molecule has 134 valence electrons. The average molecular weight is 336 g/mol. The summed E-state index contributed by atoms with van der Waals surface area (Å²) in [5.74, 6) is -0.233. The maximum absolute atomic E-state index is 12.0. The van der Waals surface area contributed by atoms with Gasteiger partial charge >= 0.3 is 11.9 Å². The number of benzene rings is 1. The molecule has 0 spiro atoms. The van der Waals surface area contributed by atoms with Gasteiger partial charge < -0.3 is 14.2 Å². The van der Waals surface area contributed by atoms with Gasteiger partial charge in [0, 0.05) is 6.42 Å². The van der Waals surface area contributed by atoms with Gasteiger partial charge in [-0.3, -0.25) is 4.79 Å². The highest BCUT2D eigenvalue weighted by molar-refractivity contribution is 5.78. The molecule has 0 aliphatic heterocycles. The standard InChI is InChI=1S/C19H28O5/c1-7-22-17(20)16(23-13(2)3)12-14-9-8-10-15(11-14)24-18(21)19(4,5)6/h8-11,13,16H,7,12H2,1-6H3/t16-/m0/s1. The van der Waals surface area contributed by atoms with E-state index in [0.717, 1.165) is 5.56 Å². The van der Waals surface area contributed by atoms with Gasteiger partial charge in [0.25, 0.3) is 0 Å². The van der Waals surface area contributed by atoms with Crippen LogP contribution in [0.5, 0.6) is 5.75 Å². The van der Waals surface area contributed by atoms with Crippen molar-refractivity contribution >= 4 is 11.9 Å². The van der Waals surface area contributed by atoms with Crippen LogP contribution in [0.3, 0.4) is 0 Å². The van der Waals surface area contributed by atoms with Crippen LogP contribution in [0.25, 0.3) is 0 Å². The van der Waals surface area contributed by atoms with E-state index < -0.39 is 11.5 Å². The van der Waals surface area contributed by atoms with Crippen LogP contribution in [0, 0.1) is 5.41 Å². The van der Waals surface area contributed by atoms with E-state index in [0.29, 0.717) is 18.8 Å². The minimum absolute atomic E-state index is 0.0960. The molecule has 1 aromatic rings. The third-order valence-electron chi connectivity index (χ3n) is 3.13. The minimum Gasteiger partial charge on any atom is -0.464 e. The molecule has 0 aliphatic rings. The van der Waals surface area contributed by atoms with Gasteiger partial charge in [-0.1, -0.05) is 12.1 Å². The average Bonchev–Trinajstić information content (AvgIpc) is 2.45. The molecule has 0 amide bonds. The summed E-state index contributed by atoms with van der Waals surface area (Å²) in [6.07, 6.45) is -0.419. The Balaban J connectivity index is 2.86. The zero-order valence-corrected chi connectivity index (χ0v) is 15.4. The molecular weight excluding hydrogens is 308 g/mol. The fourth-order valence-corrected chi connectivity index (χ4v) is 1.96. The van der Waals surface area contributed by atoms with E-state index in [2.05, 4.69) is 0 Å². The van der Waals surface area contributed by atoms with Crippen molar-refractivity contribution < 1.29 is 23.8 Å². The van der Waals surface area contributed by atoms with Crippen molar-refractivity contribution in [3.63, 3.8) is 0 Å². The van der Waals surface area contributed by atoms with Gasteiger partial charge in [-0.15, -0.1) is 0 Å². The number of ether oxygens (including phenoxy) is 3. The third kappa shape index (κ3) is 6.71. The highest BCUT2D eigenvalue weighted by Crippen LogP contribution is 2.21. The van der Waals surface area contributed by atoms with Crippen molar-refractivity contribution in [2.45, 2.75) is 60.2 Å². The highest BCUT2D eigenvalue weighted by Gasteiger charge is 2.25. The number of carbonyl (C=O) groups excluding carboxylic acids is 2. The molecule has 1 rings (SSSR count). The van der Waals surface area contributed by atoms with Crippen molar-refractivity contribution in [1.82, 2.24) is 0 Å². The zero-order chi connectivity index (χ0) is 18.3. The van der Waals surface area contributed by atoms with Gasteiger partial charge in [0.15, 0.2) is 6.10 Å². The first kappa shape index (κ1) is 20.2. The second-order valence-electron chi connectivity index (χ2n) is 6.92. The van der Waals surface area contributed by atoms with Crippen LogP contribution >= 0.6 is 0 Å². The van der Waals surface area contributed by atoms with E-state index in [4.69, 9.17) is 14.2 Å². The van der Waals surface area contributed by atoms with Crippen LogP contribution in [-0.2, 0) is 25.5 Å². The SMILES string of the molecule is CCOC(=O)[C@H](Cc1cccc(OC(=O)C(C)(C)C)c1)OC(C)C. The molecule has 1 atom stereocenters. The summed E-state index contributed by atoms with van der Waals surface area (Å²) < 4.78 is 16.1. The van der Waals surface area contributed by atoms with Gasteiger partial charge in [-0.05, 0) is 59.2 Å². The lowest BCUT2D eigenvalue weighted by Crippen LogP contribution is -2.31. The third-order valence-corrected chi connectivity index (χ3v) is 3.13. The summed E-state index contributed by atoms with van der Waals surface area (Å²) in [5, 5.41) is 0. The number of esters is 2. The van der Waals surface area contributed by atoms with Crippen LogP contribution < -0.4 is 4.74 Å². The molecule has 0 fully saturated rings. The van der Waals surface area contributed by atoms with E-state index >= 15 is 0 Å². The van der Waals surface area contributed by atoms with Crippen molar-refractivity contribution in [3.05, 3.63) is 29.8 Å². The molecule has 24 heavy (non-hydrogen) atoms. The lowest BCUT2D eigenvalue weighted by Gasteiger charge is -2.20. The van der Waals surface area contributed by atoms with E-state index in [1.807, 2.05) is 19.9 Å². The Morgan fingerprint density at radius 3 is 2.38 bits per heavy atom. The smallest absolute Gasteiger partial charge is 0.335 e. The topological polar surface area (TPSA) is 61.8 Å². The normalized spacial score (nSPS) is 12.8. The van der Waals surface area contributed by atoms with Gasteiger partial charge in [-0.2, -0.15) is 0 Å². The summed E-state index contributed by atoms with van der Waals surface area (Å²) in [7, 11) is 0. The van der Waals surface area contributed by atoms with Crippen LogP contribution in [-0.4, -0.2) is 30.8 Å². The van der Waals surface area contributed by atoms with Crippen LogP contribution in [0.2, 0.25) is 0 Å². The number of rotatable bonds is 7. The first-order valence-electron chi connectivity index (χ1n) is 8.26. The van der Waals surface area contributed by atoms with Gasteiger partial charge in [-0.25, -0.2) is 4.79 Å². The molecule has 0 heterocycles. The molecule has 0 unspecified atom stereocenters. The summed E-state index contributed by atoms with van der Waals surface area (Å²) in [5.41, 5.74) is 0.262. The Hall–Kier alpha value is -1.88. The molecule has 0 aliphatic carbocycles. The molecular formula is C19H28O5. The lowest BCUT2D eigenvalue weighted by molar-refractivity contribution is -0.159. The molecule has 5 heteroatoms. The van der Waals surface area contributed by atoms with Crippen molar-refractivity contribution in [2.75, 3.05) is 6.61 Å². The Kier molecular flexibility index (Phi) is 7.42. The zero-order valence-electron chi connectivity index (χ0n) is 15.4. The number of hydrogen-bond donors (Lipinski definition) is 0. The summed E-state index contributed by atoms with van der Waals surface area (Å²) in [6, 6.07) is 7.12. The first-order chi connectivity index (χ1) is 11.1. The van der Waals surface area contributed by atoms with Crippen molar-refractivity contribution in [2.24, 2.45) is 5.41 Å². The van der Waals surface area contributed by atoms with Gasteiger partial charge in [0.1, 0.15) is 5.75 Å². The number of hydrogen-bond acceptors (Lipinski definition) is 5. The molecule has 1 aromatic carbocycles. The first-order valence-corrected chi connectivity index (χ1v) is 8.26. The van der Waals surface area contributed by atoms with Crippen LogP contribution in [0.4, 0.5) is 0 Å². The molecule has 0 N–H and O–H groups in total. The fraction of sp³-hybridized carbons (Fsp3) is 0.579.